The third kappa shape index (κ3) is 3.49. The van der Waals surface area contributed by atoms with Crippen LogP contribution in [0.1, 0.15) is 72.1 Å². The van der Waals surface area contributed by atoms with E-state index in [1.165, 1.54) is 12.8 Å². The van der Waals surface area contributed by atoms with E-state index in [1.807, 2.05) is 11.8 Å². The summed E-state index contributed by atoms with van der Waals surface area (Å²) >= 11 is 0. The van der Waals surface area contributed by atoms with Gasteiger partial charge in [-0.3, -0.25) is 4.79 Å². The standard InChI is InChI=1S/C16H28N2O/c1-4-11-16(13-17,12-5-2)15(19)18(6-3)14-9-7-8-10-14/h14H,4-12H2,1-3H3. The van der Waals surface area contributed by atoms with E-state index >= 15 is 0 Å². The van der Waals surface area contributed by atoms with Gasteiger partial charge in [0.15, 0.2) is 0 Å². The first-order chi connectivity index (χ1) is 9.15. The molecule has 1 aliphatic carbocycles. The first-order valence-electron chi connectivity index (χ1n) is 7.87. The first kappa shape index (κ1) is 16.0. The molecule has 108 valence electrons. The zero-order chi connectivity index (χ0) is 14.3. The van der Waals surface area contributed by atoms with Crippen molar-refractivity contribution >= 4 is 5.91 Å². The van der Waals surface area contributed by atoms with Crippen molar-refractivity contribution < 1.29 is 4.79 Å². The van der Waals surface area contributed by atoms with Crippen molar-refractivity contribution in [2.75, 3.05) is 6.54 Å². The Labute approximate surface area is 118 Å². The molecule has 19 heavy (non-hydrogen) atoms. The Morgan fingerprint density at radius 1 is 1.21 bits per heavy atom. The molecule has 0 saturated heterocycles. The topological polar surface area (TPSA) is 44.1 Å². The van der Waals surface area contributed by atoms with Gasteiger partial charge in [0.1, 0.15) is 5.41 Å². The van der Waals surface area contributed by atoms with Crippen molar-refractivity contribution in [2.24, 2.45) is 5.41 Å². The molecule has 1 fully saturated rings. The molecule has 0 bridgehead atoms. The van der Waals surface area contributed by atoms with Gasteiger partial charge in [-0.25, -0.2) is 0 Å². The number of hydrogen-bond acceptors (Lipinski definition) is 2. The van der Waals surface area contributed by atoms with E-state index in [0.29, 0.717) is 18.9 Å². The summed E-state index contributed by atoms with van der Waals surface area (Å²) in [6, 6.07) is 2.74. The zero-order valence-electron chi connectivity index (χ0n) is 12.7. The summed E-state index contributed by atoms with van der Waals surface area (Å²) in [7, 11) is 0. The van der Waals surface area contributed by atoms with Crippen molar-refractivity contribution in [1.82, 2.24) is 4.90 Å². The van der Waals surface area contributed by atoms with Crippen LogP contribution >= 0.6 is 0 Å². The maximum atomic E-state index is 12.9. The second-order valence-electron chi connectivity index (χ2n) is 5.72. The Bertz CT molecular complexity index is 320. The molecule has 0 aromatic heterocycles. The van der Waals surface area contributed by atoms with Gasteiger partial charge >= 0.3 is 0 Å². The van der Waals surface area contributed by atoms with Gasteiger partial charge in [-0.2, -0.15) is 5.26 Å². The molecule has 0 aliphatic heterocycles. The molecule has 1 amide bonds. The summed E-state index contributed by atoms with van der Waals surface area (Å²) in [6.45, 7) is 6.89. The summed E-state index contributed by atoms with van der Waals surface area (Å²) in [5.74, 6) is 0.0908. The molecule has 0 radical (unpaired) electrons. The molecule has 0 unspecified atom stereocenters. The zero-order valence-corrected chi connectivity index (χ0v) is 12.7. The lowest BCUT2D eigenvalue weighted by molar-refractivity contribution is -0.142. The highest BCUT2D eigenvalue weighted by atomic mass is 16.2. The quantitative estimate of drug-likeness (QED) is 0.700. The van der Waals surface area contributed by atoms with Gasteiger partial charge in [-0.1, -0.05) is 39.5 Å². The van der Waals surface area contributed by atoms with Crippen LogP contribution in [0.5, 0.6) is 0 Å². The molecular formula is C16H28N2O. The Morgan fingerprint density at radius 2 is 1.74 bits per heavy atom. The van der Waals surface area contributed by atoms with Gasteiger partial charge in [0.05, 0.1) is 6.07 Å². The third-order valence-corrected chi connectivity index (χ3v) is 4.34. The molecule has 0 spiro atoms. The molecule has 1 aliphatic rings. The summed E-state index contributed by atoms with van der Waals surface area (Å²) in [5, 5.41) is 9.60. The van der Waals surface area contributed by atoms with Gasteiger partial charge in [0.25, 0.3) is 0 Å². The summed E-state index contributed by atoms with van der Waals surface area (Å²) in [5.41, 5.74) is -0.776. The maximum Gasteiger partial charge on any atom is 0.243 e. The SMILES string of the molecule is CCCC(C#N)(CCC)C(=O)N(CC)C1CCCC1. The van der Waals surface area contributed by atoms with Gasteiger partial charge < -0.3 is 4.90 Å². The lowest BCUT2D eigenvalue weighted by Crippen LogP contribution is -2.47. The molecule has 0 heterocycles. The fourth-order valence-electron chi connectivity index (χ4n) is 3.41. The number of amides is 1. The summed E-state index contributed by atoms with van der Waals surface area (Å²) in [6.07, 6.45) is 7.83. The Kier molecular flexibility index (Phi) is 6.34. The van der Waals surface area contributed by atoms with Gasteiger partial charge in [-0.05, 0) is 32.6 Å². The highest BCUT2D eigenvalue weighted by molar-refractivity contribution is 5.85. The van der Waals surface area contributed by atoms with Crippen LogP contribution in [-0.2, 0) is 4.79 Å². The van der Waals surface area contributed by atoms with E-state index in [-0.39, 0.29) is 5.91 Å². The molecule has 3 nitrogen and oxygen atoms in total. The minimum atomic E-state index is -0.776. The number of rotatable bonds is 7. The van der Waals surface area contributed by atoms with Crippen LogP contribution in [0, 0.1) is 16.7 Å². The summed E-state index contributed by atoms with van der Waals surface area (Å²) in [4.78, 5) is 14.9. The van der Waals surface area contributed by atoms with Crippen molar-refractivity contribution in [3.63, 3.8) is 0 Å². The van der Waals surface area contributed by atoms with E-state index < -0.39 is 5.41 Å². The van der Waals surface area contributed by atoms with Crippen LogP contribution in [0.25, 0.3) is 0 Å². The predicted molar refractivity (Wildman–Crippen MR) is 77.5 cm³/mol. The van der Waals surface area contributed by atoms with Crippen LogP contribution in [-0.4, -0.2) is 23.4 Å². The molecule has 0 atom stereocenters. The van der Waals surface area contributed by atoms with E-state index in [0.717, 1.165) is 32.2 Å². The Morgan fingerprint density at radius 3 is 2.11 bits per heavy atom. The molecular weight excluding hydrogens is 236 g/mol. The number of nitrogens with zero attached hydrogens (tertiary/aromatic N) is 2. The fourth-order valence-corrected chi connectivity index (χ4v) is 3.41. The molecule has 0 aromatic carbocycles. The Hall–Kier alpha value is -1.04. The van der Waals surface area contributed by atoms with E-state index in [1.54, 1.807) is 0 Å². The molecule has 1 saturated carbocycles. The first-order valence-corrected chi connectivity index (χ1v) is 7.87. The van der Waals surface area contributed by atoms with Crippen molar-refractivity contribution in [3.05, 3.63) is 0 Å². The second-order valence-corrected chi connectivity index (χ2v) is 5.72. The average molecular weight is 264 g/mol. The van der Waals surface area contributed by atoms with E-state index in [4.69, 9.17) is 0 Å². The van der Waals surface area contributed by atoms with Crippen LogP contribution in [0.4, 0.5) is 0 Å². The van der Waals surface area contributed by atoms with Gasteiger partial charge in [-0.15, -0.1) is 0 Å². The number of hydrogen-bond donors (Lipinski definition) is 0. The highest BCUT2D eigenvalue weighted by Gasteiger charge is 2.41. The monoisotopic (exact) mass is 264 g/mol. The lowest BCUT2D eigenvalue weighted by Gasteiger charge is -2.35. The third-order valence-electron chi connectivity index (χ3n) is 4.34. The second kappa shape index (κ2) is 7.53. The predicted octanol–water partition coefficient (Wildman–Crippen LogP) is 3.89. The molecule has 0 N–H and O–H groups in total. The normalized spacial score (nSPS) is 16.3. The van der Waals surface area contributed by atoms with Crippen molar-refractivity contribution in [3.8, 4) is 6.07 Å². The van der Waals surface area contributed by atoms with Crippen LogP contribution in [0.3, 0.4) is 0 Å². The largest absolute Gasteiger partial charge is 0.339 e. The van der Waals surface area contributed by atoms with Crippen molar-refractivity contribution in [2.45, 2.75) is 78.2 Å². The van der Waals surface area contributed by atoms with E-state index in [9.17, 15) is 10.1 Å². The average Bonchev–Trinajstić information content (AvgIpc) is 2.93. The molecule has 0 aromatic rings. The number of nitriles is 1. The molecule has 1 rings (SSSR count). The minimum absolute atomic E-state index is 0.0908. The number of carbonyl (C=O) groups excluding carboxylic acids is 1. The Balaban J connectivity index is 2.92. The maximum absolute atomic E-state index is 12.9. The number of carbonyl (C=O) groups is 1. The van der Waals surface area contributed by atoms with Crippen LogP contribution in [0.2, 0.25) is 0 Å². The van der Waals surface area contributed by atoms with Crippen LogP contribution in [0.15, 0.2) is 0 Å². The van der Waals surface area contributed by atoms with Crippen LogP contribution < -0.4 is 0 Å². The van der Waals surface area contributed by atoms with Gasteiger partial charge in [0.2, 0.25) is 5.91 Å². The van der Waals surface area contributed by atoms with Crippen molar-refractivity contribution in [1.29, 1.82) is 5.26 Å². The van der Waals surface area contributed by atoms with E-state index in [2.05, 4.69) is 19.9 Å². The smallest absolute Gasteiger partial charge is 0.243 e. The van der Waals surface area contributed by atoms with Gasteiger partial charge in [0, 0.05) is 12.6 Å². The minimum Gasteiger partial charge on any atom is -0.339 e. The molecule has 3 heteroatoms. The highest BCUT2D eigenvalue weighted by Crippen LogP contribution is 2.34. The summed E-state index contributed by atoms with van der Waals surface area (Å²) < 4.78 is 0. The fraction of sp³-hybridized carbons (Fsp3) is 0.875. The lowest BCUT2D eigenvalue weighted by atomic mass is 9.79.